The fraction of sp³-hybridized carbons (Fsp3) is 0.0435. The van der Waals surface area contributed by atoms with Gasteiger partial charge in [-0.25, -0.2) is 10.1 Å². The summed E-state index contributed by atoms with van der Waals surface area (Å²) in [5, 5.41) is 18.0. The lowest BCUT2D eigenvalue weighted by Crippen LogP contribution is -2.19. The SMILES string of the molecule is C/C(=N\NC(=O)c1ccc(NC(=O)c2ccccc2)cc1)c1ccc(-n2cnnn2)cc1. The molecule has 3 aromatic carbocycles. The van der Waals surface area contributed by atoms with Crippen molar-refractivity contribution in [2.75, 3.05) is 5.32 Å². The molecule has 0 saturated heterocycles. The van der Waals surface area contributed by atoms with E-state index in [1.807, 2.05) is 30.3 Å². The summed E-state index contributed by atoms with van der Waals surface area (Å²) in [6.45, 7) is 1.80. The molecule has 0 radical (unpaired) electrons. The number of carbonyl (C=O) groups excluding carboxylic acids is 2. The first-order valence-corrected chi connectivity index (χ1v) is 9.75. The Labute approximate surface area is 183 Å². The molecule has 158 valence electrons. The number of nitrogens with one attached hydrogen (secondary N) is 2. The van der Waals surface area contributed by atoms with Crippen LogP contribution in [0.1, 0.15) is 33.2 Å². The Hall–Kier alpha value is -4.66. The molecule has 0 spiro atoms. The van der Waals surface area contributed by atoms with Gasteiger partial charge in [-0.05, 0) is 71.4 Å². The van der Waals surface area contributed by atoms with E-state index in [0.717, 1.165) is 11.3 Å². The van der Waals surface area contributed by atoms with Crippen molar-refractivity contribution < 1.29 is 9.59 Å². The maximum Gasteiger partial charge on any atom is 0.271 e. The molecule has 4 aromatic rings. The molecule has 9 nitrogen and oxygen atoms in total. The maximum absolute atomic E-state index is 12.4. The van der Waals surface area contributed by atoms with E-state index in [-0.39, 0.29) is 11.8 Å². The Morgan fingerprint density at radius 2 is 1.47 bits per heavy atom. The predicted octanol–water partition coefficient (Wildman–Crippen LogP) is 3.07. The van der Waals surface area contributed by atoms with Crippen molar-refractivity contribution in [3.63, 3.8) is 0 Å². The average molecular weight is 425 g/mol. The summed E-state index contributed by atoms with van der Waals surface area (Å²) in [6.07, 6.45) is 1.51. The predicted molar refractivity (Wildman–Crippen MR) is 120 cm³/mol. The summed E-state index contributed by atoms with van der Waals surface area (Å²) in [5.41, 5.74) is 6.44. The van der Waals surface area contributed by atoms with E-state index >= 15 is 0 Å². The monoisotopic (exact) mass is 425 g/mol. The molecule has 0 unspecified atom stereocenters. The molecule has 4 rings (SSSR count). The summed E-state index contributed by atoms with van der Waals surface area (Å²) in [7, 11) is 0. The number of carbonyl (C=O) groups is 2. The molecule has 32 heavy (non-hydrogen) atoms. The Kier molecular flexibility index (Phi) is 6.08. The van der Waals surface area contributed by atoms with Gasteiger partial charge >= 0.3 is 0 Å². The minimum Gasteiger partial charge on any atom is -0.322 e. The lowest BCUT2D eigenvalue weighted by molar-refractivity contribution is 0.0954. The normalized spacial score (nSPS) is 11.1. The van der Waals surface area contributed by atoms with Gasteiger partial charge in [-0.2, -0.15) is 5.10 Å². The molecule has 0 fully saturated rings. The van der Waals surface area contributed by atoms with E-state index in [1.165, 1.54) is 6.33 Å². The first kappa shape index (κ1) is 20.6. The third-order valence-corrected chi connectivity index (χ3v) is 4.66. The van der Waals surface area contributed by atoms with Gasteiger partial charge in [-0.15, -0.1) is 5.10 Å². The Morgan fingerprint density at radius 3 is 2.12 bits per heavy atom. The number of amides is 2. The van der Waals surface area contributed by atoms with Gasteiger partial charge in [0.05, 0.1) is 11.4 Å². The fourth-order valence-electron chi connectivity index (χ4n) is 2.90. The fourth-order valence-corrected chi connectivity index (χ4v) is 2.90. The van der Waals surface area contributed by atoms with Crippen molar-refractivity contribution in [2.45, 2.75) is 6.92 Å². The number of hydrazone groups is 1. The molecule has 9 heteroatoms. The zero-order valence-electron chi connectivity index (χ0n) is 17.1. The summed E-state index contributed by atoms with van der Waals surface area (Å²) in [6, 6.07) is 23.0. The Morgan fingerprint density at radius 1 is 0.812 bits per heavy atom. The number of tetrazole rings is 1. The molecule has 0 atom stereocenters. The van der Waals surface area contributed by atoms with Crippen molar-refractivity contribution in [3.8, 4) is 5.69 Å². The van der Waals surface area contributed by atoms with Crippen LogP contribution in [0.2, 0.25) is 0 Å². The van der Waals surface area contributed by atoms with Crippen LogP contribution in [-0.2, 0) is 0 Å². The van der Waals surface area contributed by atoms with Gasteiger partial charge in [0.25, 0.3) is 11.8 Å². The van der Waals surface area contributed by atoms with Gasteiger partial charge in [-0.3, -0.25) is 9.59 Å². The quantitative estimate of drug-likeness (QED) is 0.364. The lowest BCUT2D eigenvalue weighted by Gasteiger charge is -2.07. The van der Waals surface area contributed by atoms with Crippen molar-refractivity contribution in [3.05, 3.63) is 102 Å². The van der Waals surface area contributed by atoms with Gasteiger partial charge in [-0.1, -0.05) is 30.3 Å². The second kappa shape index (κ2) is 9.43. The van der Waals surface area contributed by atoms with Crippen LogP contribution in [0.15, 0.2) is 90.3 Å². The number of benzene rings is 3. The number of nitrogens with zero attached hydrogens (tertiary/aromatic N) is 5. The third-order valence-electron chi connectivity index (χ3n) is 4.66. The highest BCUT2D eigenvalue weighted by atomic mass is 16.2. The average Bonchev–Trinajstić information content (AvgIpc) is 3.38. The number of rotatable bonds is 6. The molecule has 0 aliphatic carbocycles. The van der Waals surface area contributed by atoms with Crippen molar-refractivity contribution in [1.29, 1.82) is 0 Å². The molecule has 0 aliphatic rings. The van der Waals surface area contributed by atoms with E-state index in [1.54, 1.807) is 60.1 Å². The second-order valence-corrected chi connectivity index (χ2v) is 6.84. The molecule has 0 aliphatic heterocycles. The van der Waals surface area contributed by atoms with Crippen LogP contribution in [0, 0.1) is 0 Å². The molecule has 1 heterocycles. The standard InChI is InChI=1S/C23H19N7O2/c1-16(17-9-13-21(14-10-17)30-15-24-28-29-30)26-27-23(32)19-7-11-20(12-8-19)25-22(31)18-5-3-2-4-6-18/h2-15H,1H3,(H,25,31)(H,27,32)/b26-16+. The van der Waals surface area contributed by atoms with E-state index in [0.29, 0.717) is 22.5 Å². The Balaban J connectivity index is 1.36. The van der Waals surface area contributed by atoms with Crippen LogP contribution < -0.4 is 10.7 Å². The number of aromatic nitrogens is 4. The van der Waals surface area contributed by atoms with E-state index in [2.05, 4.69) is 31.4 Å². The number of hydrogen-bond donors (Lipinski definition) is 2. The van der Waals surface area contributed by atoms with Gasteiger partial charge in [0.1, 0.15) is 6.33 Å². The highest BCUT2D eigenvalue weighted by Crippen LogP contribution is 2.12. The van der Waals surface area contributed by atoms with Crippen molar-refractivity contribution in [2.24, 2.45) is 5.10 Å². The second-order valence-electron chi connectivity index (χ2n) is 6.84. The van der Waals surface area contributed by atoms with Crippen LogP contribution >= 0.6 is 0 Å². The van der Waals surface area contributed by atoms with Crippen LogP contribution in [0.3, 0.4) is 0 Å². The summed E-state index contributed by atoms with van der Waals surface area (Å²) in [5.74, 6) is -0.565. The van der Waals surface area contributed by atoms with Crippen molar-refractivity contribution in [1.82, 2.24) is 25.6 Å². The zero-order valence-corrected chi connectivity index (χ0v) is 17.1. The molecular formula is C23H19N7O2. The van der Waals surface area contributed by atoms with Crippen LogP contribution in [0.5, 0.6) is 0 Å². The van der Waals surface area contributed by atoms with Crippen LogP contribution in [0.25, 0.3) is 5.69 Å². The molecule has 1 aromatic heterocycles. The summed E-state index contributed by atoms with van der Waals surface area (Å²) >= 11 is 0. The smallest absolute Gasteiger partial charge is 0.271 e. The molecule has 0 bridgehead atoms. The Bertz CT molecular complexity index is 1230. The maximum atomic E-state index is 12.4. The van der Waals surface area contributed by atoms with Gasteiger partial charge < -0.3 is 5.32 Å². The largest absolute Gasteiger partial charge is 0.322 e. The van der Waals surface area contributed by atoms with Crippen molar-refractivity contribution >= 4 is 23.2 Å². The van der Waals surface area contributed by atoms with Gasteiger partial charge in [0.2, 0.25) is 0 Å². The molecular weight excluding hydrogens is 406 g/mol. The van der Waals surface area contributed by atoms with Crippen LogP contribution in [-0.4, -0.2) is 37.7 Å². The van der Waals surface area contributed by atoms with Gasteiger partial charge in [0.15, 0.2) is 0 Å². The van der Waals surface area contributed by atoms with Crippen LogP contribution in [0.4, 0.5) is 5.69 Å². The third kappa shape index (κ3) is 4.90. The lowest BCUT2D eigenvalue weighted by atomic mass is 10.1. The summed E-state index contributed by atoms with van der Waals surface area (Å²) < 4.78 is 1.55. The highest BCUT2D eigenvalue weighted by molar-refractivity contribution is 6.04. The first-order chi connectivity index (χ1) is 15.6. The molecule has 2 amide bonds. The van der Waals surface area contributed by atoms with Gasteiger partial charge in [0, 0.05) is 16.8 Å². The zero-order chi connectivity index (χ0) is 22.3. The number of hydrogen-bond acceptors (Lipinski definition) is 6. The summed E-state index contributed by atoms with van der Waals surface area (Å²) in [4.78, 5) is 24.6. The van der Waals surface area contributed by atoms with E-state index in [9.17, 15) is 9.59 Å². The van der Waals surface area contributed by atoms with E-state index in [4.69, 9.17) is 0 Å². The number of anilines is 1. The molecule has 0 saturated carbocycles. The van der Waals surface area contributed by atoms with E-state index < -0.39 is 0 Å². The highest BCUT2D eigenvalue weighted by Gasteiger charge is 2.08. The minimum atomic E-state index is -0.351. The minimum absolute atomic E-state index is 0.214. The topological polar surface area (TPSA) is 114 Å². The first-order valence-electron chi connectivity index (χ1n) is 9.75. The molecule has 2 N–H and O–H groups in total.